The number of carbonyl (C=O) groups is 4. The Kier molecular flexibility index (Phi) is 7.00. The van der Waals surface area contributed by atoms with Crippen LogP contribution in [-0.2, 0) is 9.59 Å². The molecule has 0 radical (unpaired) electrons. The van der Waals surface area contributed by atoms with Crippen LogP contribution in [-0.4, -0.2) is 76.7 Å². The Labute approximate surface area is 195 Å². The number of rotatable bonds is 6. The summed E-state index contributed by atoms with van der Waals surface area (Å²) in [4.78, 5) is 56.2. The van der Waals surface area contributed by atoms with Crippen LogP contribution in [0.3, 0.4) is 0 Å². The fourth-order valence-electron chi connectivity index (χ4n) is 5.57. The fraction of sp³-hybridized carbons (Fsp3) is 0.600. The van der Waals surface area contributed by atoms with Gasteiger partial charge in [-0.2, -0.15) is 0 Å². The lowest BCUT2D eigenvalue weighted by atomic mass is 9.81. The van der Waals surface area contributed by atoms with E-state index in [0.717, 1.165) is 43.4 Å². The minimum atomic E-state index is -0.765. The van der Waals surface area contributed by atoms with Crippen molar-refractivity contribution >= 4 is 23.8 Å². The number of likely N-dealkylation sites (N-methyl/N-ethyl adjacent to an activating group) is 1. The summed E-state index contributed by atoms with van der Waals surface area (Å²) in [6, 6.07) is 8.69. The summed E-state index contributed by atoms with van der Waals surface area (Å²) in [7, 11) is 1.69. The number of hydrogen-bond donors (Lipinski definition) is 1. The molecule has 5 amide bonds. The van der Waals surface area contributed by atoms with Gasteiger partial charge in [0.05, 0.1) is 0 Å². The molecule has 3 fully saturated rings. The van der Waals surface area contributed by atoms with Crippen molar-refractivity contribution in [1.82, 2.24) is 20.0 Å². The maximum absolute atomic E-state index is 13.2. The maximum atomic E-state index is 13.2. The van der Waals surface area contributed by atoms with Gasteiger partial charge in [0.15, 0.2) is 0 Å². The fourth-order valence-corrected chi connectivity index (χ4v) is 5.57. The number of piperidine rings is 1. The van der Waals surface area contributed by atoms with Crippen molar-refractivity contribution < 1.29 is 19.2 Å². The van der Waals surface area contributed by atoms with Crippen LogP contribution in [0.15, 0.2) is 30.3 Å². The normalized spacial score (nSPS) is 22.7. The molecule has 3 aliphatic rings. The van der Waals surface area contributed by atoms with Crippen molar-refractivity contribution in [2.75, 3.05) is 26.7 Å². The van der Waals surface area contributed by atoms with Gasteiger partial charge in [-0.3, -0.25) is 19.3 Å². The van der Waals surface area contributed by atoms with E-state index in [0.29, 0.717) is 37.9 Å². The molecule has 178 valence electrons. The second-order valence-corrected chi connectivity index (χ2v) is 9.47. The molecule has 8 heteroatoms. The summed E-state index contributed by atoms with van der Waals surface area (Å²) >= 11 is 0. The lowest BCUT2D eigenvalue weighted by Crippen LogP contribution is -2.51. The summed E-state index contributed by atoms with van der Waals surface area (Å²) in [6.07, 6.45) is 7.71. The van der Waals surface area contributed by atoms with Gasteiger partial charge in [0.25, 0.3) is 11.8 Å². The summed E-state index contributed by atoms with van der Waals surface area (Å²) in [5.74, 6) is -0.526. The summed E-state index contributed by atoms with van der Waals surface area (Å²) in [5.41, 5.74) is -0.153. The smallest absolute Gasteiger partial charge is 0.327 e. The van der Waals surface area contributed by atoms with E-state index >= 15 is 0 Å². The Bertz CT molecular complexity index is 897. The molecule has 1 atom stereocenters. The molecule has 8 nitrogen and oxygen atoms in total. The molecule has 0 unspecified atom stereocenters. The average molecular weight is 455 g/mol. The van der Waals surface area contributed by atoms with E-state index in [-0.39, 0.29) is 36.3 Å². The molecular formula is C25H34N4O4. The highest BCUT2D eigenvalue weighted by atomic mass is 16.2. The monoisotopic (exact) mass is 454 g/mol. The first kappa shape index (κ1) is 23.3. The van der Waals surface area contributed by atoms with Crippen LogP contribution in [0.25, 0.3) is 0 Å². The van der Waals surface area contributed by atoms with Gasteiger partial charge in [0.2, 0.25) is 5.91 Å². The number of urea groups is 1. The second-order valence-electron chi connectivity index (χ2n) is 9.47. The van der Waals surface area contributed by atoms with E-state index in [1.165, 1.54) is 0 Å². The lowest BCUT2D eigenvalue weighted by Gasteiger charge is -2.37. The summed E-state index contributed by atoms with van der Waals surface area (Å²) in [6.45, 7) is 0.888. The predicted octanol–water partition coefficient (Wildman–Crippen LogP) is 2.78. The maximum Gasteiger partial charge on any atom is 0.327 e. The van der Waals surface area contributed by atoms with Gasteiger partial charge in [-0.25, -0.2) is 4.79 Å². The molecule has 1 saturated carbocycles. The highest BCUT2D eigenvalue weighted by Gasteiger charge is 2.56. The van der Waals surface area contributed by atoms with Crippen LogP contribution in [0.2, 0.25) is 0 Å². The van der Waals surface area contributed by atoms with E-state index in [1.54, 1.807) is 24.1 Å². The van der Waals surface area contributed by atoms with Crippen molar-refractivity contribution in [1.29, 1.82) is 0 Å². The average Bonchev–Trinajstić information content (AvgIpc) is 3.01. The molecule has 2 heterocycles. The largest absolute Gasteiger partial charge is 0.352 e. The third-order valence-electron chi connectivity index (χ3n) is 7.52. The highest BCUT2D eigenvalue weighted by molar-refractivity contribution is 6.09. The number of imide groups is 1. The first-order valence-electron chi connectivity index (χ1n) is 12.2. The van der Waals surface area contributed by atoms with Gasteiger partial charge >= 0.3 is 6.03 Å². The summed E-state index contributed by atoms with van der Waals surface area (Å²) in [5, 5.41) is 2.94. The van der Waals surface area contributed by atoms with Crippen molar-refractivity contribution in [3.05, 3.63) is 35.9 Å². The molecule has 1 aromatic rings. The number of hydrogen-bond acceptors (Lipinski definition) is 4. The van der Waals surface area contributed by atoms with Crippen LogP contribution in [0.4, 0.5) is 4.79 Å². The predicted molar refractivity (Wildman–Crippen MR) is 123 cm³/mol. The molecule has 1 spiro atoms. The molecule has 0 bridgehead atoms. The van der Waals surface area contributed by atoms with Crippen molar-refractivity contribution in [2.24, 2.45) is 0 Å². The zero-order valence-electron chi connectivity index (χ0n) is 19.4. The first-order chi connectivity index (χ1) is 15.9. The Morgan fingerprint density at radius 3 is 2.48 bits per heavy atom. The molecule has 4 rings (SSSR count). The number of benzene rings is 1. The zero-order valence-corrected chi connectivity index (χ0v) is 19.4. The molecule has 1 aromatic carbocycles. The van der Waals surface area contributed by atoms with Crippen LogP contribution < -0.4 is 5.32 Å². The first-order valence-corrected chi connectivity index (χ1v) is 12.2. The SMILES string of the molecule is CN1C(=O)N(CC(=O)N2CCCC[C@H]2CCNC(=O)c2ccccc2)C(=O)C12CCCCC2. The number of likely N-dealkylation sites (tertiary alicyclic amines) is 1. The zero-order chi connectivity index (χ0) is 23.4. The standard InChI is InChI=1S/C25H34N4O4/c1-27-24(33)29(23(32)25(27)14-7-3-8-15-25)18-21(30)28-17-9-6-12-20(28)13-16-26-22(31)19-10-4-2-5-11-19/h2,4-5,10-11,20H,3,6-9,12-18H2,1H3,(H,26,31)/t20-/m0/s1. The van der Waals surface area contributed by atoms with Gasteiger partial charge in [-0.05, 0) is 50.7 Å². The molecule has 1 N–H and O–H groups in total. The Balaban J connectivity index is 1.35. The molecule has 2 saturated heterocycles. The second kappa shape index (κ2) is 9.93. The van der Waals surface area contributed by atoms with Crippen molar-refractivity contribution in [3.63, 3.8) is 0 Å². The van der Waals surface area contributed by atoms with E-state index in [9.17, 15) is 19.2 Å². The van der Waals surface area contributed by atoms with Gasteiger partial charge in [-0.15, -0.1) is 0 Å². The van der Waals surface area contributed by atoms with Gasteiger partial charge < -0.3 is 15.1 Å². The quantitative estimate of drug-likeness (QED) is 0.670. The molecule has 0 aromatic heterocycles. The number of amides is 5. The van der Waals surface area contributed by atoms with E-state index in [4.69, 9.17) is 0 Å². The van der Waals surface area contributed by atoms with Crippen molar-refractivity contribution in [2.45, 2.75) is 69.4 Å². The summed E-state index contributed by atoms with van der Waals surface area (Å²) < 4.78 is 0. The Hall–Kier alpha value is -2.90. The molecule has 33 heavy (non-hydrogen) atoms. The van der Waals surface area contributed by atoms with Crippen molar-refractivity contribution in [3.8, 4) is 0 Å². The van der Waals surface area contributed by atoms with E-state index in [1.807, 2.05) is 23.1 Å². The van der Waals surface area contributed by atoms with Crippen LogP contribution in [0.1, 0.15) is 68.1 Å². The third-order valence-corrected chi connectivity index (χ3v) is 7.52. The number of nitrogens with one attached hydrogen (secondary N) is 1. The van der Waals surface area contributed by atoms with Gasteiger partial charge in [0, 0.05) is 31.7 Å². The lowest BCUT2D eigenvalue weighted by molar-refractivity contribution is -0.142. The van der Waals surface area contributed by atoms with Crippen LogP contribution in [0, 0.1) is 0 Å². The minimum Gasteiger partial charge on any atom is -0.352 e. The molecule has 2 aliphatic heterocycles. The number of carbonyl (C=O) groups excluding carboxylic acids is 4. The van der Waals surface area contributed by atoms with Gasteiger partial charge in [0.1, 0.15) is 12.1 Å². The topological polar surface area (TPSA) is 90.0 Å². The van der Waals surface area contributed by atoms with Crippen LogP contribution in [0.5, 0.6) is 0 Å². The highest BCUT2D eigenvalue weighted by Crippen LogP contribution is 2.39. The van der Waals surface area contributed by atoms with Gasteiger partial charge in [-0.1, -0.05) is 37.5 Å². The Morgan fingerprint density at radius 2 is 1.76 bits per heavy atom. The minimum absolute atomic E-state index is 0.00324. The molecular weight excluding hydrogens is 420 g/mol. The third kappa shape index (κ3) is 4.61. The Morgan fingerprint density at radius 1 is 1.03 bits per heavy atom. The van der Waals surface area contributed by atoms with E-state index < -0.39 is 5.54 Å². The van der Waals surface area contributed by atoms with E-state index in [2.05, 4.69) is 5.32 Å². The van der Waals surface area contributed by atoms with Crippen LogP contribution >= 0.6 is 0 Å². The molecule has 1 aliphatic carbocycles. The number of nitrogens with zero attached hydrogens (tertiary/aromatic N) is 3.